The second-order valence-corrected chi connectivity index (χ2v) is 4.53. The van der Waals surface area contributed by atoms with Crippen molar-refractivity contribution in [3.8, 4) is 5.75 Å². The highest BCUT2D eigenvalue weighted by Crippen LogP contribution is 2.27. The number of hydrogen-bond donors (Lipinski definition) is 1. The second-order valence-electron chi connectivity index (χ2n) is 4.53. The molecule has 1 fully saturated rings. The topological polar surface area (TPSA) is 38.3 Å². The summed E-state index contributed by atoms with van der Waals surface area (Å²) in [5, 5.41) is 2.87. The lowest BCUT2D eigenvalue weighted by Crippen LogP contribution is -2.30. The molecule has 3 heteroatoms. The molecule has 1 N–H and O–H groups in total. The Hall–Kier alpha value is -1.51. The van der Waals surface area contributed by atoms with E-state index in [0.717, 1.165) is 18.7 Å². The van der Waals surface area contributed by atoms with Crippen molar-refractivity contribution >= 4 is 5.91 Å². The van der Waals surface area contributed by atoms with Gasteiger partial charge in [-0.15, -0.1) is 0 Å². The summed E-state index contributed by atoms with van der Waals surface area (Å²) in [5.74, 6) is 1.43. The van der Waals surface area contributed by atoms with Gasteiger partial charge in [0.15, 0.2) is 6.61 Å². The van der Waals surface area contributed by atoms with Crippen molar-refractivity contribution in [1.82, 2.24) is 5.32 Å². The summed E-state index contributed by atoms with van der Waals surface area (Å²) < 4.78 is 5.41. The maximum atomic E-state index is 11.4. The van der Waals surface area contributed by atoms with E-state index in [9.17, 15) is 4.79 Å². The van der Waals surface area contributed by atoms with Crippen LogP contribution in [-0.2, 0) is 11.2 Å². The summed E-state index contributed by atoms with van der Waals surface area (Å²) in [7, 11) is 0. The Bertz CT molecular complexity index is 368. The van der Waals surface area contributed by atoms with Crippen LogP contribution < -0.4 is 10.1 Å². The maximum absolute atomic E-state index is 11.4. The van der Waals surface area contributed by atoms with E-state index in [1.165, 1.54) is 18.4 Å². The second kappa shape index (κ2) is 5.71. The molecule has 0 saturated heterocycles. The minimum Gasteiger partial charge on any atom is -0.484 e. The molecule has 1 saturated carbocycles. The molecule has 1 aromatic carbocycles. The van der Waals surface area contributed by atoms with E-state index in [1.807, 2.05) is 24.3 Å². The molecule has 1 aromatic rings. The highest BCUT2D eigenvalue weighted by Gasteiger charge is 2.21. The lowest BCUT2D eigenvalue weighted by molar-refractivity contribution is -0.123. The highest BCUT2D eigenvalue weighted by molar-refractivity contribution is 5.77. The number of carbonyl (C=O) groups excluding carboxylic acids is 1. The van der Waals surface area contributed by atoms with Gasteiger partial charge in [-0.05, 0) is 42.9 Å². The number of hydrogen-bond acceptors (Lipinski definition) is 2. The zero-order chi connectivity index (χ0) is 12.1. The average molecular weight is 233 g/mol. The molecule has 3 nitrogen and oxygen atoms in total. The number of carbonyl (C=O) groups is 1. The molecule has 2 rings (SSSR count). The van der Waals surface area contributed by atoms with E-state index >= 15 is 0 Å². The zero-order valence-electron chi connectivity index (χ0n) is 10.2. The van der Waals surface area contributed by atoms with Crippen molar-refractivity contribution in [3.05, 3.63) is 29.8 Å². The van der Waals surface area contributed by atoms with Crippen LogP contribution >= 0.6 is 0 Å². The van der Waals surface area contributed by atoms with E-state index in [0.29, 0.717) is 5.92 Å². The molecular weight excluding hydrogens is 214 g/mol. The fraction of sp³-hybridized carbons (Fsp3) is 0.500. The monoisotopic (exact) mass is 233 g/mol. The van der Waals surface area contributed by atoms with Gasteiger partial charge in [-0.2, -0.15) is 0 Å². The summed E-state index contributed by atoms with van der Waals surface area (Å²) in [6, 6.07) is 7.87. The first kappa shape index (κ1) is 12.0. The van der Waals surface area contributed by atoms with Crippen molar-refractivity contribution in [3.63, 3.8) is 0 Å². The van der Waals surface area contributed by atoms with Crippen molar-refractivity contribution in [2.75, 3.05) is 13.2 Å². The number of ether oxygens (including phenoxy) is 1. The standard InChI is InChI=1S/C14H19NO2/c1-2-11-5-7-13(8-6-11)17-10-14(16)15-9-12-3-4-12/h5-8,12H,2-4,9-10H2,1H3,(H,15,16). The third-order valence-corrected chi connectivity index (χ3v) is 2.99. The van der Waals surface area contributed by atoms with Crippen molar-refractivity contribution < 1.29 is 9.53 Å². The fourth-order valence-corrected chi connectivity index (χ4v) is 1.60. The van der Waals surface area contributed by atoms with Gasteiger partial charge in [-0.25, -0.2) is 0 Å². The Morgan fingerprint density at radius 2 is 2.06 bits per heavy atom. The quantitative estimate of drug-likeness (QED) is 0.817. The van der Waals surface area contributed by atoms with Gasteiger partial charge in [0.05, 0.1) is 0 Å². The first-order valence-corrected chi connectivity index (χ1v) is 6.26. The predicted molar refractivity (Wildman–Crippen MR) is 67.0 cm³/mol. The van der Waals surface area contributed by atoms with Gasteiger partial charge in [0.1, 0.15) is 5.75 Å². The van der Waals surface area contributed by atoms with Crippen LogP contribution in [0.5, 0.6) is 5.75 Å². The number of benzene rings is 1. The van der Waals surface area contributed by atoms with E-state index in [4.69, 9.17) is 4.74 Å². The van der Waals surface area contributed by atoms with Crippen LogP contribution in [0.25, 0.3) is 0 Å². The molecule has 0 heterocycles. The van der Waals surface area contributed by atoms with Crippen LogP contribution in [0, 0.1) is 5.92 Å². The van der Waals surface area contributed by atoms with Gasteiger partial charge in [0.25, 0.3) is 5.91 Å². The molecule has 0 atom stereocenters. The molecule has 1 aliphatic carbocycles. The van der Waals surface area contributed by atoms with Crippen LogP contribution in [0.2, 0.25) is 0 Å². The Balaban J connectivity index is 1.70. The molecule has 17 heavy (non-hydrogen) atoms. The molecule has 0 unspecified atom stereocenters. The lowest BCUT2D eigenvalue weighted by atomic mass is 10.2. The predicted octanol–water partition coefficient (Wildman–Crippen LogP) is 2.15. The van der Waals surface area contributed by atoms with E-state index < -0.39 is 0 Å². The van der Waals surface area contributed by atoms with Crippen molar-refractivity contribution in [2.24, 2.45) is 5.92 Å². The first-order valence-electron chi connectivity index (χ1n) is 6.26. The van der Waals surface area contributed by atoms with Gasteiger partial charge < -0.3 is 10.1 Å². The Morgan fingerprint density at radius 1 is 1.35 bits per heavy atom. The minimum atomic E-state index is -0.0310. The number of rotatable bonds is 6. The van der Waals surface area contributed by atoms with Gasteiger partial charge in [-0.1, -0.05) is 19.1 Å². The number of nitrogens with one attached hydrogen (secondary N) is 1. The summed E-state index contributed by atoms with van der Waals surface area (Å²) >= 11 is 0. The van der Waals surface area contributed by atoms with Crippen LogP contribution in [0.15, 0.2) is 24.3 Å². The van der Waals surface area contributed by atoms with Crippen LogP contribution in [0.3, 0.4) is 0 Å². The van der Waals surface area contributed by atoms with Gasteiger partial charge in [-0.3, -0.25) is 4.79 Å². The van der Waals surface area contributed by atoms with Gasteiger partial charge >= 0.3 is 0 Å². The zero-order valence-corrected chi connectivity index (χ0v) is 10.2. The Kier molecular flexibility index (Phi) is 4.02. The minimum absolute atomic E-state index is 0.0310. The largest absolute Gasteiger partial charge is 0.484 e. The fourth-order valence-electron chi connectivity index (χ4n) is 1.60. The van der Waals surface area contributed by atoms with Crippen LogP contribution in [-0.4, -0.2) is 19.1 Å². The van der Waals surface area contributed by atoms with E-state index in [2.05, 4.69) is 12.2 Å². The molecule has 1 amide bonds. The molecular formula is C14H19NO2. The average Bonchev–Trinajstić information content (AvgIpc) is 3.18. The third kappa shape index (κ3) is 4.10. The Morgan fingerprint density at radius 3 is 2.65 bits per heavy atom. The van der Waals surface area contributed by atoms with E-state index in [1.54, 1.807) is 0 Å². The van der Waals surface area contributed by atoms with E-state index in [-0.39, 0.29) is 12.5 Å². The van der Waals surface area contributed by atoms with Gasteiger partial charge in [0, 0.05) is 6.54 Å². The normalized spacial score (nSPS) is 14.4. The Labute approximate surface area is 102 Å². The lowest BCUT2D eigenvalue weighted by Gasteiger charge is -2.07. The molecule has 0 radical (unpaired) electrons. The van der Waals surface area contributed by atoms with Crippen molar-refractivity contribution in [2.45, 2.75) is 26.2 Å². The van der Waals surface area contributed by atoms with Crippen LogP contribution in [0.4, 0.5) is 0 Å². The highest BCUT2D eigenvalue weighted by atomic mass is 16.5. The number of aryl methyl sites for hydroxylation is 1. The van der Waals surface area contributed by atoms with Crippen molar-refractivity contribution in [1.29, 1.82) is 0 Å². The summed E-state index contributed by atoms with van der Waals surface area (Å²) in [6.07, 6.45) is 3.52. The molecule has 0 bridgehead atoms. The molecule has 0 aromatic heterocycles. The smallest absolute Gasteiger partial charge is 0.257 e. The SMILES string of the molecule is CCc1ccc(OCC(=O)NCC2CC2)cc1. The molecule has 1 aliphatic rings. The summed E-state index contributed by atoms with van der Waals surface area (Å²) in [5.41, 5.74) is 1.27. The van der Waals surface area contributed by atoms with Crippen LogP contribution in [0.1, 0.15) is 25.3 Å². The molecule has 0 spiro atoms. The summed E-state index contributed by atoms with van der Waals surface area (Å²) in [4.78, 5) is 11.4. The summed E-state index contributed by atoms with van der Waals surface area (Å²) in [6.45, 7) is 3.02. The first-order chi connectivity index (χ1) is 8.28. The van der Waals surface area contributed by atoms with Gasteiger partial charge in [0.2, 0.25) is 0 Å². The number of amides is 1. The molecule has 0 aliphatic heterocycles. The third-order valence-electron chi connectivity index (χ3n) is 2.99. The maximum Gasteiger partial charge on any atom is 0.257 e. The molecule has 92 valence electrons.